The average molecular weight is 274 g/mol. The van der Waals surface area contributed by atoms with Gasteiger partial charge in [0.1, 0.15) is 11.1 Å². The average Bonchev–Trinajstić information content (AvgIpc) is 2.39. The highest BCUT2D eigenvalue weighted by atomic mass is 35.5. The second kappa shape index (κ2) is 4.10. The molecular weight excluding hydrogens is 266 g/mol. The highest BCUT2D eigenvalue weighted by Gasteiger charge is 2.13. The number of halogens is 1. The summed E-state index contributed by atoms with van der Waals surface area (Å²) in [6, 6.07) is 10.3. The Morgan fingerprint density at radius 2 is 1.84 bits per heavy atom. The molecule has 0 unspecified atom stereocenters. The van der Waals surface area contributed by atoms with Crippen molar-refractivity contribution in [1.29, 1.82) is 0 Å². The molecule has 94 valence electrons. The van der Waals surface area contributed by atoms with Gasteiger partial charge in [0.25, 0.3) is 5.91 Å². The lowest BCUT2D eigenvalue weighted by Crippen LogP contribution is -2.20. The zero-order chi connectivity index (χ0) is 13.6. The smallest absolute Gasteiger partial charge is 0.349 e. The Hall–Kier alpha value is -2.33. The Bertz CT molecular complexity index is 883. The lowest BCUT2D eigenvalue weighted by atomic mass is 10.1. The van der Waals surface area contributed by atoms with Crippen LogP contribution in [0.3, 0.4) is 0 Å². The van der Waals surface area contributed by atoms with E-state index in [1.807, 2.05) is 18.2 Å². The van der Waals surface area contributed by atoms with Crippen LogP contribution in [0.5, 0.6) is 0 Å². The maximum Gasteiger partial charge on any atom is 0.349 e. The maximum atomic E-state index is 11.7. The third-order valence-corrected chi connectivity index (χ3v) is 3.27. The van der Waals surface area contributed by atoms with Gasteiger partial charge in [-0.25, -0.2) is 4.79 Å². The standard InChI is InChI=1S/C14H8ClNO3/c15-11-6-7-5-10(13(16)17)14(18)19-12(7)9-4-2-1-3-8(9)11/h1-6H,(H2,16,17). The van der Waals surface area contributed by atoms with Crippen LogP contribution in [0.25, 0.3) is 21.7 Å². The minimum absolute atomic E-state index is 0.182. The summed E-state index contributed by atoms with van der Waals surface area (Å²) in [4.78, 5) is 22.8. The van der Waals surface area contributed by atoms with Gasteiger partial charge in [-0.1, -0.05) is 35.9 Å². The van der Waals surface area contributed by atoms with E-state index < -0.39 is 11.5 Å². The molecule has 0 saturated heterocycles. The van der Waals surface area contributed by atoms with E-state index in [2.05, 4.69) is 0 Å². The van der Waals surface area contributed by atoms with Crippen LogP contribution in [0.2, 0.25) is 5.02 Å². The molecule has 0 aliphatic heterocycles. The van der Waals surface area contributed by atoms with Gasteiger partial charge in [-0.3, -0.25) is 4.79 Å². The Balaban J connectivity index is 2.54. The highest BCUT2D eigenvalue weighted by Crippen LogP contribution is 2.31. The lowest BCUT2D eigenvalue weighted by Gasteiger charge is -2.05. The number of primary amides is 1. The highest BCUT2D eigenvalue weighted by molar-refractivity contribution is 6.37. The second-order valence-corrected chi connectivity index (χ2v) is 4.54. The molecule has 0 bridgehead atoms. The number of nitrogens with two attached hydrogens (primary N) is 1. The fourth-order valence-corrected chi connectivity index (χ4v) is 2.36. The van der Waals surface area contributed by atoms with E-state index in [0.717, 1.165) is 10.8 Å². The summed E-state index contributed by atoms with van der Waals surface area (Å²) >= 11 is 6.17. The number of hydrogen-bond acceptors (Lipinski definition) is 3. The molecule has 1 amide bonds. The van der Waals surface area contributed by atoms with Crippen LogP contribution >= 0.6 is 11.6 Å². The van der Waals surface area contributed by atoms with Gasteiger partial charge in [0.2, 0.25) is 0 Å². The fraction of sp³-hybridized carbons (Fsp3) is 0. The SMILES string of the molecule is NC(=O)c1cc2cc(Cl)c3ccccc3c2oc1=O. The molecule has 3 rings (SSSR count). The van der Waals surface area contributed by atoms with Crippen LogP contribution in [-0.2, 0) is 0 Å². The predicted octanol–water partition coefficient (Wildman–Crippen LogP) is 2.70. The van der Waals surface area contributed by atoms with E-state index in [0.29, 0.717) is 16.0 Å². The van der Waals surface area contributed by atoms with Gasteiger partial charge in [-0.05, 0) is 12.1 Å². The van der Waals surface area contributed by atoms with Crippen molar-refractivity contribution >= 4 is 39.2 Å². The van der Waals surface area contributed by atoms with E-state index >= 15 is 0 Å². The molecule has 0 aliphatic carbocycles. The molecule has 19 heavy (non-hydrogen) atoms. The normalized spacial score (nSPS) is 11.0. The molecule has 2 aromatic carbocycles. The van der Waals surface area contributed by atoms with Crippen LogP contribution in [0.15, 0.2) is 45.6 Å². The Labute approximate surface area is 112 Å². The number of benzene rings is 2. The number of carbonyl (C=O) groups is 1. The molecule has 2 N–H and O–H groups in total. The van der Waals surface area contributed by atoms with Crippen molar-refractivity contribution in [1.82, 2.24) is 0 Å². The number of amides is 1. The number of hydrogen-bond donors (Lipinski definition) is 1. The van der Waals surface area contributed by atoms with Crippen molar-refractivity contribution < 1.29 is 9.21 Å². The first-order chi connectivity index (χ1) is 9.08. The van der Waals surface area contributed by atoms with Gasteiger partial charge in [0.15, 0.2) is 0 Å². The molecule has 0 atom stereocenters. The first-order valence-corrected chi connectivity index (χ1v) is 5.90. The Morgan fingerprint density at radius 1 is 1.16 bits per heavy atom. The van der Waals surface area contributed by atoms with Gasteiger partial charge in [-0.15, -0.1) is 0 Å². The van der Waals surface area contributed by atoms with Crippen molar-refractivity contribution in [2.24, 2.45) is 5.73 Å². The third kappa shape index (κ3) is 1.77. The zero-order valence-electron chi connectivity index (χ0n) is 9.64. The molecular formula is C14H8ClNO3. The van der Waals surface area contributed by atoms with Gasteiger partial charge in [0.05, 0.1) is 0 Å². The molecule has 1 heterocycles. The molecule has 5 heteroatoms. The van der Waals surface area contributed by atoms with Crippen LogP contribution in [0, 0.1) is 0 Å². The van der Waals surface area contributed by atoms with Crippen molar-refractivity contribution in [3.63, 3.8) is 0 Å². The largest absolute Gasteiger partial charge is 0.421 e. The van der Waals surface area contributed by atoms with E-state index in [1.165, 1.54) is 6.07 Å². The van der Waals surface area contributed by atoms with Gasteiger partial charge in [0, 0.05) is 21.2 Å². The molecule has 0 aliphatic rings. The lowest BCUT2D eigenvalue weighted by molar-refractivity contribution is 0.0997. The van der Waals surface area contributed by atoms with E-state index in [1.54, 1.807) is 12.1 Å². The number of rotatable bonds is 1. The molecule has 0 fully saturated rings. The van der Waals surface area contributed by atoms with E-state index in [-0.39, 0.29) is 5.56 Å². The van der Waals surface area contributed by atoms with Crippen molar-refractivity contribution in [3.8, 4) is 0 Å². The first kappa shape index (κ1) is 11.7. The van der Waals surface area contributed by atoms with Crippen LogP contribution < -0.4 is 11.4 Å². The van der Waals surface area contributed by atoms with Crippen molar-refractivity contribution in [2.45, 2.75) is 0 Å². The fourth-order valence-electron chi connectivity index (χ4n) is 2.08. The second-order valence-electron chi connectivity index (χ2n) is 4.13. The molecule has 4 nitrogen and oxygen atoms in total. The minimum Gasteiger partial charge on any atom is -0.421 e. The zero-order valence-corrected chi connectivity index (χ0v) is 10.4. The van der Waals surface area contributed by atoms with Gasteiger partial charge < -0.3 is 10.2 Å². The summed E-state index contributed by atoms with van der Waals surface area (Å²) < 4.78 is 5.21. The van der Waals surface area contributed by atoms with Gasteiger partial charge in [-0.2, -0.15) is 0 Å². The summed E-state index contributed by atoms with van der Waals surface area (Å²) in [6.45, 7) is 0. The monoisotopic (exact) mass is 273 g/mol. The quantitative estimate of drug-likeness (QED) is 0.547. The van der Waals surface area contributed by atoms with E-state index in [9.17, 15) is 9.59 Å². The molecule has 1 aromatic heterocycles. The Kier molecular flexibility index (Phi) is 2.54. The molecule has 3 aromatic rings. The predicted molar refractivity (Wildman–Crippen MR) is 73.5 cm³/mol. The summed E-state index contributed by atoms with van der Waals surface area (Å²) in [6.07, 6.45) is 0. The van der Waals surface area contributed by atoms with Crippen LogP contribution in [0.1, 0.15) is 10.4 Å². The first-order valence-electron chi connectivity index (χ1n) is 5.53. The number of fused-ring (bicyclic) bond motifs is 3. The molecule has 0 saturated carbocycles. The topological polar surface area (TPSA) is 73.3 Å². The van der Waals surface area contributed by atoms with Gasteiger partial charge >= 0.3 is 5.63 Å². The molecule has 0 spiro atoms. The summed E-state index contributed by atoms with van der Waals surface area (Å²) in [5.74, 6) is -0.820. The Morgan fingerprint density at radius 3 is 2.53 bits per heavy atom. The van der Waals surface area contributed by atoms with E-state index in [4.69, 9.17) is 21.8 Å². The summed E-state index contributed by atoms with van der Waals surface area (Å²) in [5.41, 5.74) is 4.60. The summed E-state index contributed by atoms with van der Waals surface area (Å²) in [7, 11) is 0. The van der Waals surface area contributed by atoms with Crippen molar-refractivity contribution in [3.05, 3.63) is 57.4 Å². The van der Waals surface area contributed by atoms with Crippen LogP contribution in [-0.4, -0.2) is 5.91 Å². The third-order valence-electron chi connectivity index (χ3n) is 2.95. The summed E-state index contributed by atoms with van der Waals surface area (Å²) in [5, 5.41) is 2.59. The number of carbonyl (C=O) groups excluding carboxylic acids is 1. The minimum atomic E-state index is -0.820. The van der Waals surface area contributed by atoms with Crippen LogP contribution in [0.4, 0.5) is 0 Å². The maximum absolute atomic E-state index is 11.7. The molecule has 0 radical (unpaired) electrons. The van der Waals surface area contributed by atoms with Crippen molar-refractivity contribution in [2.75, 3.05) is 0 Å².